The molecule has 1 rings (SSSR count). The highest BCUT2D eigenvalue weighted by Crippen LogP contribution is 2.09. The molecule has 1 unspecified atom stereocenters. The third-order valence-electron chi connectivity index (χ3n) is 2.21. The molecule has 0 aromatic carbocycles. The Morgan fingerprint density at radius 1 is 1.50 bits per heavy atom. The minimum Gasteiger partial charge on any atom is -0.384 e. The van der Waals surface area contributed by atoms with Crippen LogP contribution in [0.3, 0.4) is 0 Å². The first-order valence-electron chi connectivity index (χ1n) is 4.70. The lowest BCUT2D eigenvalue weighted by molar-refractivity contribution is 0.157. The monoisotopic (exact) mass is 169 g/mol. The van der Waals surface area contributed by atoms with E-state index in [-0.39, 0.29) is 0 Å². The molecule has 1 aliphatic carbocycles. The topological polar surface area (TPSA) is 21.3 Å². The highest BCUT2D eigenvalue weighted by molar-refractivity contribution is 4.97. The second-order valence-corrected chi connectivity index (χ2v) is 3.61. The lowest BCUT2D eigenvalue weighted by Crippen LogP contribution is -2.31. The van der Waals surface area contributed by atoms with Gasteiger partial charge >= 0.3 is 0 Å². The number of methoxy groups -OCH3 is 1. The van der Waals surface area contributed by atoms with E-state index in [9.17, 15) is 0 Å². The molecule has 0 fully saturated rings. The van der Waals surface area contributed by atoms with Crippen LogP contribution in [0.1, 0.15) is 19.8 Å². The molecule has 0 heterocycles. The summed E-state index contributed by atoms with van der Waals surface area (Å²) in [5.74, 6) is 0.621. The van der Waals surface area contributed by atoms with Gasteiger partial charge in [0, 0.05) is 26.3 Å². The Morgan fingerprint density at radius 2 is 2.17 bits per heavy atom. The van der Waals surface area contributed by atoms with Gasteiger partial charge in [0.1, 0.15) is 0 Å². The largest absolute Gasteiger partial charge is 0.384 e. The average molecular weight is 169 g/mol. The molecule has 0 aliphatic heterocycles. The van der Waals surface area contributed by atoms with Gasteiger partial charge in [-0.3, -0.25) is 0 Å². The second kappa shape index (κ2) is 5.33. The molecule has 0 aromatic heterocycles. The molecule has 1 aliphatic rings. The van der Waals surface area contributed by atoms with Crippen molar-refractivity contribution in [2.75, 3.05) is 20.3 Å². The molecule has 0 bridgehead atoms. The Morgan fingerprint density at radius 3 is 2.75 bits per heavy atom. The molecular weight excluding hydrogens is 150 g/mol. The Labute approximate surface area is 75.0 Å². The van der Waals surface area contributed by atoms with E-state index in [1.54, 1.807) is 7.11 Å². The van der Waals surface area contributed by atoms with Gasteiger partial charge in [-0.1, -0.05) is 19.1 Å². The van der Waals surface area contributed by atoms with Crippen molar-refractivity contribution < 1.29 is 4.74 Å². The van der Waals surface area contributed by atoms with Crippen LogP contribution in [0, 0.1) is 5.92 Å². The van der Waals surface area contributed by atoms with Gasteiger partial charge in [0.05, 0.1) is 0 Å². The Hall–Kier alpha value is -0.340. The van der Waals surface area contributed by atoms with E-state index in [1.165, 1.54) is 12.8 Å². The van der Waals surface area contributed by atoms with E-state index >= 15 is 0 Å². The summed E-state index contributed by atoms with van der Waals surface area (Å²) in [6, 6.07) is 0.685. The highest BCUT2D eigenvalue weighted by Gasteiger charge is 2.10. The number of hydrogen-bond acceptors (Lipinski definition) is 2. The molecule has 0 saturated carbocycles. The fourth-order valence-electron chi connectivity index (χ4n) is 1.50. The summed E-state index contributed by atoms with van der Waals surface area (Å²) in [7, 11) is 1.76. The summed E-state index contributed by atoms with van der Waals surface area (Å²) in [6.07, 6.45) is 6.89. The molecule has 1 atom stereocenters. The van der Waals surface area contributed by atoms with Crippen molar-refractivity contribution in [2.45, 2.75) is 25.8 Å². The SMILES string of the molecule is COCC(C)CNC1CC=CC1. The zero-order chi connectivity index (χ0) is 8.81. The van der Waals surface area contributed by atoms with Crippen LogP contribution in [0.2, 0.25) is 0 Å². The summed E-state index contributed by atoms with van der Waals surface area (Å²) in [5, 5.41) is 3.52. The molecule has 12 heavy (non-hydrogen) atoms. The third-order valence-corrected chi connectivity index (χ3v) is 2.21. The first-order chi connectivity index (χ1) is 5.83. The smallest absolute Gasteiger partial charge is 0.0499 e. The molecule has 0 saturated heterocycles. The fraction of sp³-hybridized carbons (Fsp3) is 0.800. The number of ether oxygens (including phenoxy) is 1. The van der Waals surface area contributed by atoms with Gasteiger partial charge in [-0.15, -0.1) is 0 Å². The van der Waals surface area contributed by atoms with Gasteiger partial charge in [-0.25, -0.2) is 0 Å². The Balaban J connectivity index is 2.00. The van der Waals surface area contributed by atoms with Crippen LogP contribution in [0.5, 0.6) is 0 Å². The molecule has 0 amide bonds. The van der Waals surface area contributed by atoms with Crippen LogP contribution in [0.25, 0.3) is 0 Å². The predicted octanol–water partition coefficient (Wildman–Crippen LogP) is 1.58. The van der Waals surface area contributed by atoms with Crippen LogP contribution in [0.4, 0.5) is 0 Å². The van der Waals surface area contributed by atoms with Gasteiger partial charge in [0.25, 0.3) is 0 Å². The zero-order valence-electron chi connectivity index (χ0n) is 8.05. The standard InChI is InChI=1S/C10H19NO/c1-9(8-12-2)7-11-10-5-3-4-6-10/h3-4,9-11H,5-8H2,1-2H3. The maximum absolute atomic E-state index is 5.06. The molecular formula is C10H19NO. The second-order valence-electron chi connectivity index (χ2n) is 3.61. The Kier molecular flexibility index (Phi) is 4.33. The van der Waals surface area contributed by atoms with Crippen LogP contribution in [-0.2, 0) is 4.74 Å². The summed E-state index contributed by atoms with van der Waals surface area (Å²) in [6.45, 7) is 4.13. The molecule has 70 valence electrons. The third kappa shape index (κ3) is 3.37. The van der Waals surface area contributed by atoms with Crippen molar-refractivity contribution in [3.8, 4) is 0 Å². The van der Waals surface area contributed by atoms with Crippen molar-refractivity contribution in [1.82, 2.24) is 5.32 Å². The van der Waals surface area contributed by atoms with Crippen LogP contribution < -0.4 is 5.32 Å². The average Bonchev–Trinajstić information content (AvgIpc) is 2.53. The molecule has 1 N–H and O–H groups in total. The zero-order valence-corrected chi connectivity index (χ0v) is 8.05. The van der Waals surface area contributed by atoms with Gasteiger partial charge in [-0.2, -0.15) is 0 Å². The van der Waals surface area contributed by atoms with Gasteiger partial charge < -0.3 is 10.1 Å². The first-order valence-corrected chi connectivity index (χ1v) is 4.70. The minimum atomic E-state index is 0.621. The molecule has 0 spiro atoms. The van der Waals surface area contributed by atoms with Crippen LogP contribution >= 0.6 is 0 Å². The fourth-order valence-corrected chi connectivity index (χ4v) is 1.50. The maximum Gasteiger partial charge on any atom is 0.0499 e. The van der Waals surface area contributed by atoms with Crippen LogP contribution in [-0.4, -0.2) is 26.3 Å². The minimum absolute atomic E-state index is 0.621. The van der Waals surface area contributed by atoms with Gasteiger partial charge in [0.2, 0.25) is 0 Å². The maximum atomic E-state index is 5.06. The van der Waals surface area contributed by atoms with Crippen molar-refractivity contribution in [2.24, 2.45) is 5.92 Å². The number of nitrogens with one attached hydrogen (secondary N) is 1. The van der Waals surface area contributed by atoms with E-state index in [4.69, 9.17) is 4.74 Å². The van der Waals surface area contributed by atoms with Gasteiger partial charge in [0.15, 0.2) is 0 Å². The Bertz CT molecular complexity index is 137. The molecule has 2 nitrogen and oxygen atoms in total. The molecule has 2 heteroatoms. The van der Waals surface area contributed by atoms with Gasteiger partial charge in [-0.05, 0) is 18.8 Å². The highest BCUT2D eigenvalue weighted by atomic mass is 16.5. The summed E-state index contributed by atoms with van der Waals surface area (Å²) in [5.41, 5.74) is 0. The summed E-state index contributed by atoms with van der Waals surface area (Å²) >= 11 is 0. The van der Waals surface area contributed by atoms with Crippen molar-refractivity contribution in [1.29, 1.82) is 0 Å². The van der Waals surface area contributed by atoms with Crippen molar-refractivity contribution in [3.05, 3.63) is 12.2 Å². The predicted molar refractivity (Wildman–Crippen MR) is 51.2 cm³/mol. The van der Waals surface area contributed by atoms with Crippen molar-refractivity contribution >= 4 is 0 Å². The molecule has 0 aromatic rings. The first kappa shape index (κ1) is 9.75. The van der Waals surface area contributed by atoms with E-state index in [0.29, 0.717) is 12.0 Å². The number of hydrogen-bond donors (Lipinski definition) is 1. The lowest BCUT2D eigenvalue weighted by Gasteiger charge is -2.15. The normalized spacial score (nSPS) is 20.2. The van der Waals surface area contributed by atoms with Crippen LogP contribution in [0.15, 0.2) is 12.2 Å². The summed E-state index contributed by atoms with van der Waals surface area (Å²) < 4.78 is 5.06. The van der Waals surface area contributed by atoms with E-state index in [1.807, 2.05) is 0 Å². The van der Waals surface area contributed by atoms with E-state index < -0.39 is 0 Å². The van der Waals surface area contributed by atoms with E-state index in [2.05, 4.69) is 24.4 Å². The number of rotatable bonds is 5. The van der Waals surface area contributed by atoms with Crippen molar-refractivity contribution in [3.63, 3.8) is 0 Å². The lowest BCUT2D eigenvalue weighted by atomic mass is 10.1. The summed E-state index contributed by atoms with van der Waals surface area (Å²) in [4.78, 5) is 0. The molecule has 0 radical (unpaired) electrons. The van der Waals surface area contributed by atoms with E-state index in [0.717, 1.165) is 13.2 Å². The quantitative estimate of drug-likeness (QED) is 0.631.